The van der Waals surface area contributed by atoms with E-state index in [1.54, 1.807) is 11.6 Å². The summed E-state index contributed by atoms with van der Waals surface area (Å²) in [5, 5.41) is 16.3. The van der Waals surface area contributed by atoms with Gasteiger partial charge in [-0.2, -0.15) is 0 Å². The molecule has 0 aromatic carbocycles. The summed E-state index contributed by atoms with van der Waals surface area (Å²) >= 11 is 0. The number of carbonyl (C=O) groups is 1. The number of ether oxygens (including phenoxy) is 1. The second-order valence-electron chi connectivity index (χ2n) is 3.51. The molecule has 1 aromatic rings. The number of Topliss-reactive ketones (excluding diaryl/α,β-unsaturated/α-hetero) is 1. The summed E-state index contributed by atoms with van der Waals surface area (Å²) in [6, 6.07) is 0. The van der Waals surface area contributed by atoms with Crippen LogP contribution in [0.3, 0.4) is 0 Å². The zero-order valence-corrected chi connectivity index (χ0v) is 9.43. The maximum absolute atomic E-state index is 10.8. The third-order valence-electron chi connectivity index (χ3n) is 2.02. The topological polar surface area (TPSA) is 77.2 Å². The summed E-state index contributed by atoms with van der Waals surface area (Å²) in [6.07, 6.45) is 2.94. The molecule has 1 N–H and O–H groups in total. The molecule has 6 nitrogen and oxygen atoms in total. The highest BCUT2D eigenvalue weighted by Crippen LogP contribution is 1.98. The standard InChI is InChI=1S/C10H17N3O3/c1-9(15)2-3-10-8-13(12-11-10)4-6-16-7-5-14/h8,14H,2-7H2,1H3. The molecule has 6 heteroatoms. The van der Waals surface area contributed by atoms with Gasteiger partial charge in [-0.15, -0.1) is 5.10 Å². The zero-order chi connectivity index (χ0) is 11.8. The molecule has 90 valence electrons. The zero-order valence-electron chi connectivity index (χ0n) is 9.43. The molecule has 1 aromatic heterocycles. The first-order valence-corrected chi connectivity index (χ1v) is 5.29. The first kappa shape index (κ1) is 12.8. The van der Waals surface area contributed by atoms with E-state index in [1.165, 1.54) is 0 Å². The Morgan fingerprint density at radius 3 is 3.06 bits per heavy atom. The summed E-state index contributed by atoms with van der Waals surface area (Å²) < 4.78 is 6.77. The molecule has 1 rings (SSSR count). The lowest BCUT2D eigenvalue weighted by molar-refractivity contribution is -0.116. The molecule has 16 heavy (non-hydrogen) atoms. The third kappa shape index (κ3) is 4.99. The van der Waals surface area contributed by atoms with E-state index < -0.39 is 0 Å². The van der Waals surface area contributed by atoms with Gasteiger partial charge in [0.05, 0.1) is 32.1 Å². The van der Waals surface area contributed by atoms with Crippen LogP contribution < -0.4 is 0 Å². The van der Waals surface area contributed by atoms with Crippen molar-refractivity contribution >= 4 is 5.78 Å². The summed E-state index contributed by atoms with van der Waals surface area (Å²) in [4.78, 5) is 10.8. The van der Waals surface area contributed by atoms with E-state index in [4.69, 9.17) is 9.84 Å². The van der Waals surface area contributed by atoms with E-state index in [-0.39, 0.29) is 12.4 Å². The predicted octanol–water partition coefficient (Wildman–Crippen LogP) is -0.191. The molecule has 0 spiro atoms. The minimum atomic E-state index is 0.0290. The van der Waals surface area contributed by atoms with E-state index in [1.807, 2.05) is 6.20 Å². The van der Waals surface area contributed by atoms with Crippen LogP contribution in [0.5, 0.6) is 0 Å². The fourth-order valence-corrected chi connectivity index (χ4v) is 1.19. The number of hydrogen-bond acceptors (Lipinski definition) is 5. The highest BCUT2D eigenvalue weighted by molar-refractivity contribution is 5.75. The Labute approximate surface area is 94.2 Å². The number of aliphatic hydroxyl groups excluding tert-OH is 1. The van der Waals surface area contributed by atoms with Gasteiger partial charge in [-0.3, -0.25) is 0 Å². The molecule has 0 aliphatic heterocycles. The largest absolute Gasteiger partial charge is 0.394 e. The molecule has 0 saturated carbocycles. The molecule has 0 saturated heterocycles. The van der Waals surface area contributed by atoms with E-state index in [9.17, 15) is 4.79 Å². The quantitative estimate of drug-likeness (QED) is 0.623. The van der Waals surface area contributed by atoms with Crippen molar-refractivity contribution in [2.24, 2.45) is 0 Å². The van der Waals surface area contributed by atoms with Crippen molar-refractivity contribution in [3.05, 3.63) is 11.9 Å². The van der Waals surface area contributed by atoms with Gasteiger partial charge in [0.1, 0.15) is 5.78 Å². The Bertz CT molecular complexity index is 325. The van der Waals surface area contributed by atoms with E-state index in [0.29, 0.717) is 32.6 Å². The van der Waals surface area contributed by atoms with Gasteiger partial charge in [-0.05, 0) is 13.3 Å². The fourth-order valence-electron chi connectivity index (χ4n) is 1.19. The fraction of sp³-hybridized carbons (Fsp3) is 0.700. The van der Waals surface area contributed by atoms with Gasteiger partial charge < -0.3 is 14.6 Å². The Balaban J connectivity index is 2.25. The number of hydrogen-bond donors (Lipinski definition) is 1. The number of aryl methyl sites for hydroxylation is 1. The van der Waals surface area contributed by atoms with Crippen LogP contribution in [0.25, 0.3) is 0 Å². The molecule has 0 radical (unpaired) electrons. The normalized spacial score (nSPS) is 10.6. The van der Waals surface area contributed by atoms with Crippen LogP contribution >= 0.6 is 0 Å². The van der Waals surface area contributed by atoms with Crippen LogP contribution in [0.15, 0.2) is 6.20 Å². The molecule has 0 amide bonds. The van der Waals surface area contributed by atoms with Crippen LogP contribution in [0, 0.1) is 0 Å². The number of rotatable bonds is 8. The molecule has 0 atom stereocenters. The van der Waals surface area contributed by atoms with E-state index >= 15 is 0 Å². The number of aliphatic hydroxyl groups is 1. The molecule has 0 unspecified atom stereocenters. The van der Waals surface area contributed by atoms with Crippen molar-refractivity contribution in [2.45, 2.75) is 26.3 Å². The Kier molecular flexibility index (Phi) is 5.66. The molecular weight excluding hydrogens is 210 g/mol. The lowest BCUT2D eigenvalue weighted by Gasteiger charge is -2.00. The minimum absolute atomic E-state index is 0.0290. The number of aromatic nitrogens is 3. The molecule has 0 bridgehead atoms. The Morgan fingerprint density at radius 1 is 1.56 bits per heavy atom. The molecule has 0 aliphatic carbocycles. The predicted molar refractivity (Wildman–Crippen MR) is 56.9 cm³/mol. The molecule has 0 aliphatic rings. The lowest BCUT2D eigenvalue weighted by atomic mass is 10.2. The van der Waals surface area contributed by atoms with Crippen molar-refractivity contribution < 1.29 is 14.6 Å². The monoisotopic (exact) mass is 227 g/mol. The van der Waals surface area contributed by atoms with Crippen LogP contribution in [0.2, 0.25) is 0 Å². The highest BCUT2D eigenvalue weighted by atomic mass is 16.5. The second kappa shape index (κ2) is 7.08. The maximum Gasteiger partial charge on any atom is 0.130 e. The Hall–Kier alpha value is -1.27. The van der Waals surface area contributed by atoms with Gasteiger partial charge in [-0.1, -0.05) is 5.21 Å². The van der Waals surface area contributed by atoms with Gasteiger partial charge in [0, 0.05) is 12.6 Å². The summed E-state index contributed by atoms with van der Waals surface area (Å²) in [5.74, 6) is 0.154. The minimum Gasteiger partial charge on any atom is -0.394 e. The van der Waals surface area contributed by atoms with Crippen molar-refractivity contribution in [3.63, 3.8) is 0 Å². The van der Waals surface area contributed by atoms with Gasteiger partial charge in [0.2, 0.25) is 0 Å². The van der Waals surface area contributed by atoms with Crippen molar-refractivity contribution in [3.8, 4) is 0 Å². The summed E-state index contributed by atoms with van der Waals surface area (Å²) in [5.41, 5.74) is 0.817. The molecule has 1 heterocycles. The smallest absolute Gasteiger partial charge is 0.130 e. The first-order chi connectivity index (χ1) is 7.72. The first-order valence-electron chi connectivity index (χ1n) is 5.29. The number of ketones is 1. The average Bonchev–Trinajstić information content (AvgIpc) is 2.70. The van der Waals surface area contributed by atoms with Gasteiger partial charge in [-0.25, -0.2) is 4.68 Å². The van der Waals surface area contributed by atoms with E-state index in [0.717, 1.165) is 5.69 Å². The van der Waals surface area contributed by atoms with Crippen LogP contribution in [-0.2, 0) is 22.5 Å². The van der Waals surface area contributed by atoms with Gasteiger partial charge in [0.15, 0.2) is 0 Å². The van der Waals surface area contributed by atoms with Gasteiger partial charge in [0.25, 0.3) is 0 Å². The maximum atomic E-state index is 10.8. The average molecular weight is 227 g/mol. The number of carbonyl (C=O) groups excluding carboxylic acids is 1. The van der Waals surface area contributed by atoms with Crippen LogP contribution in [0.4, 0.5) is 0 Å². The molecule has 0 fully saturated rings. The third-order valence-corrected chi connectivity index (χ3v) is 2.02. The highest BCUT2D eigenvalue weighted by Gasteiger charge is 2.02. The number of nitrogens with zero attached hydrogens (tertiary/aromatic N) is 3. The molecular formula is C10H17N3O3. The van der Waals surface area contributed by atoms with Crippen molar-refractivity contribution in [2.75, 3.05) is 19.8 Å². The van der Waals surface area contributed by atoms with Crippen LogP contribution in [-0.4, -0.2) is 45.7 Å². The summed E-state index contributed by atoms with van der Waals surface area (Å²) in [6.45, 7) is 3.03. The van der Waals surface area contributed by atoms with E-state index in [2.05, 4.69) is 10.3 Å². The lowest BCUT2D eigenvalue weighted by Crippen LogP contribution is -2.08. The van der Waals surface area contributed by atoms with Crippen molar-refractivity contribution in [1.29, 1.82) is 0 Å². The van der Waals surface area contributed by atoms with Crippen LogP contribution in [0.1, 0.15) is 19.0 Å². The van der Waals surface area contributed by atoms with Gasteiger partial charge >= 0.3 is 0 Å². The Morgan fingerprint density at radius 2 is 2.38 bits per heavy atom. The summed E-state index contributed by atoms with van der Waals surface area (Å²) in [7, 11) is 0. The SMILES string of the molecule is CC(=O)CCc1cn(CCOCCO)nn1. The second-order valence-corrected chi connectivity index (χ2v) is 3.51. The van der Waals surface area contributed by atoms with Crippen molar-refractivity contribution in [1.82, 2.24) is 15.0 Å².